The monoisotopic (exact) mass is 359 g/mol. The standard InChI is InChI=1S/C16H20F3N3O3/c17-16(18,19)13-3-1-2-11(21-13)8-9-20-15(25)22-12-6-4-10(5-7-12)14(23)24/h1-3,10,12H,4-9H2,(H,23,24)(H2,20,22,25). The number of urea groups is 1. The number of nitrogens with one attached hydrogen (secondary N) is 2. The van der Waals surface area contributed by atoms with E-state index in [4.69, 9.17) is 5.11 Å². The molecule has 0 unspecified atom stereocenters. The maximum atomic E-state index is 12.6. The highest BCUT2D eigenvalue weighted by molar-refractivity contribution is 5.74. The maximum absolute atomic E-state index is 12.6. The van der Waals surface area contributed by atoms with Crippen LogP contribution in [0.4, 0.5) is 18.0 Å². The Kier molecular flexibility index (Phi) is 6.22. The lowest BCUT2D eigenvalue weighted by Gasteiger charge is -2.26. The van der Waals surface area contributed by atoms with Crippen LogP contribution in [0.15, 0.2) is 18.2 Å². The number of aliphatic carboxylic acids is 1. The number of alkyl halides is 3. The molecule has 1 saturated carbocycles. The molecule has 1 aliphatic carbocycles. The topological polar surface area (TPSA) is 91.3 Å². The summed E-state index contributed by atoms with van der Waals surface area (Å²) >= 11 is 0. The second-order valence-corrected chi connectivity index (χ2v) is 6.05. The van der Waals surface area contributed by atoms with Crippen LogP contribution in [0.3, 0.4) is 0 Å². The van der Waals surface area contributed by atoms with Crippen molar-refractivity contribution in [2.45, 2.75) is 44.3 Å². The molecule has 0 spiro atoms. The van der Waals surface area contributed by atoms with Crippen molar-refractivity contribution in [3.05, 3.63) is 29.6 Å². The van der Waals surface area contributed by atoms with Gasteiger partial charge in [-0.2, -0.15) is 13.2 Å². The number of hydrogen-bond acceptors (Lipinski definition) is 3. The van der Waals surface area contributed by atoms with E-state index < -0.39 is 23.9 Å². The molecule has 3 N–H and O–H groups in total. The van der Waals surface area contributed by atoms with Gasteiger partial charge < -0.3 is 15.7 Å². The minimum atomic E-state index is -4.49. The van der Waals surface area contributed by atoms with E-state index >= 15 is 0 Å². The Morgan fingerprint density at radius 2 is 1.88 bits per heavy atom. The molecular weight excluding hydrogens is 339 g/mol. The Labute approximate surface area is 142 Å². The van der Waals surface area contributed by atoms with Gasteiger partial charge in [0, 0.05) is 24.7 Å². The van der Waals surface area contributed by atoms with Crippen LogP contribution >= 0.6 is 0 Å². The minimum Gasteiger partial charge on any atom is -0.481 e. The Bertz CT molecular complexity index is 614. The number of nitrogens with zero attached hydrogens (tertiary/aromatic N) is 1. The zero-order valence-electron chi connectivity index (χ0n) is 13.5. The quantitative estimate of drug-likeness (QED) is 0.754. The number of amides is 2. The van der Waals surface area contributed by atoms with Crippen LogP contribution in [-0.2, 0) is 17.4 Å². The second-order valence-electron chi connectivity index (χ2n) is 6.05. The Balaban J connectivity index is 1.72. The highest BCUT2D eigenvalue weighted by Gasteiger charge is 2.32. The maximum Gasteiger partial charge on any atom is 0.433 e. The van der Waals surface area contributed by atoms with E-state index in [9.17, 15) is 22.8 Å². The molecule has 1 aromatic rings. The molecule has 1 aromatic heterocycles. The smallest absolute Gasteiger partial charge is 0.433 e. The number of carboxylic acids is 1. The molecular formula is C16H20F3N3O3. The fourth-order valence-corrected chi connectivity index (χ4v) is 2.80. The lowest BCUT2D eigenvalue weighted by molar-refractivity contribution is -0.143. The van der Waals surface area contributed by atoms with Crippen LogP contribution in [0.5, 0.6) is 0 Å². The van der Waals surface area contributed by atoms with E-state index in [0.717, 1.165) is 6.07 Å². The molecule has 0 atom stereocenters. The van der Waals surface area contributed by atoms with Crippen molar-refractivity contribution in [1.82, 2.24) is 15.6 Å². The number of hydrogen-bond donors (Lipinski definition) is 3. The number of halogens is 3. The van der Waals surface area contributed by atoms with Crippen molar-refractivity contribution in [1.29, 1.82) is 0 Å². The number of carboxylic acid groups (broad SMARTS) is 1. The molecule has 0 bridgehead atoms. The molecule has 1 fully saturated rings. The van der Waals surface area contributed by atoms with Gasteiger partial charge in [-0.15, -0.1) is 0 Å². The van der Waals surface area contributed by atoms with Gasteiger partial charge >= 0.3 is 18.2 Å². The van der Waals surface area contributed by atoms with Gasteiger partial charge in [0.25, 0.3) is 0 Å². The highest BCUT2D eigenvalue weighted by atomic mass is 19.4. The first-order valence-corrected chi connectivity index (χ1v) is 8.06. The van der Waals surface area contributed by atoms with Crippen LogP contribution in [-0.4, -0.2) is 34.7 Å². The third-order valence-corrected chi connectivity index (χ3v) is 4.18. The Morgan fingerprint density at radius 1 is 1.20 bits per heavy atom. The van der Waals surface area contributed by atoms with Crippen LogP contribution in [0, 0.1) is 5.92 Å². The summed E-state index contributed by atoms with van der Waals surface area (Å²) in [5.41, 5.74) is -0.707. The third-order valence-electron chi connectivity index (χ3n) is 4.18. The van der Waals surface area contributed by atoms with Crippen LogP contribution in [0.1, 0.15) is 37.1 Å². The molecule has 9 heteroatoms. The molecule has 1 heterocycles. The average molecular weight is 359 g/mol. The normalized spacial score (nSPS) is 20.8. The molecule has 0 saturated heterocycles. The van der Waals surface area contributed by atoms with Gasteiger partial charge in [-0.1, -0.05) is 6.07 Å². The van der Waals surface area contributed by atoms with Gasteiger partial charge in [-0.3, -0.25) is 4.79 Å². The molecule has 2 rings (SSSR count). The van der Waals surface area contributed by atoms with Crippen molar-refractivity contribution in [3.63, 3.8) is 0 Å². The van der Waals surface area contributed by atoms with Gasteiger partial charge in [0.1, 0.15) is 5.69 Å². The van der Waals surface area contributed by atoms with E-state index in [2.05, 4.69) is 15.6 Å². The van der Waals surface area contributed by atoms with E-state index in [1.54, 1.807) is 0 Å². The molecule has 0 aliphatic heterocycles. The molecule has 138 valence electrons. The molecule has 6 nitrogen and oxygen atoms in total. The van der Waals surface area contributed by atoms with E-state index in [0.29, 0.717) is 25.7 Å². The number of aromatic nitrogens is 1. The van der Waals surface area contributed by atoms with E-state index in [1.807, 2.05) is 0 Å². The lowest BCUT2D eigenvalue weighted by atomic mass is 9.86. The first-order chi connectivity index (χ1) is 11.8. The second kappa shape index (κ2) is 8.17. The predicted octanol–water partition coefficient (Wildman–Crippen LogP) is 2.59. The summed E-state index contributed by atoms with van der Waals surface area (Å²) < 4.78 is 37.7. The first-order valence-electron chi connectivity index (χ1n) is 8.06. The van der Waals surface area contributed by atoms with Crippen LogP contribution < -0.4 is 10.6 Å². The summed E-state index contributed by atoms with van der Waals surface area (Å²) in [6, 6.07) is 3.17. The van der Waals surface area contributed by atoms with Gasteiger partial charge in [0.2, 0.25) is 0 Å². The predicted molar refractivity (Wildman–Crippen MR) is 82.9 cm³/mol. The van der Waals surface area contributed by atoms with Gasteiger partial charge in [-0.25, -0.2) is 9.78 Å². The zero-order chi connectivity index (χ0) is 18.4. The first kappa shape index (κ1) is 19.0. The van der Waals surface area contributed by atoms with E-state index in [1.165, 1.54) is 12.1 Å². The van der Waals surface area contributed by atoms with Gasteiger partial charge in [0.15, 0.2) is 0 Å². The molecule has 25 heavy (non-hydrogen) atoms. The van der Waals surface area contributed by atoms with Crippen LogP contribution in [0.25, 0.3) is 0 Å². The van der Waals surface area contributed by atoms with Crippen LogP contribution in [0.2, 0.25) is 0 Å². The van der Waals surface area contributed by atoms with Gasteiger partial charge in [0.05, 0.1) is 5.92 Å². The van der Waals surface area contributed by atoms with Crippen molar-refractivity contribution in [3.8, 4) is 0 Å². The Hall–Kier alpha value is -2.32. The number of pyridine rings is 1. The number of carbonyl (C=O) groups is 2. The SMILES string of the molecule is O=C(NCCc1cccc(C(F)(F)F)n1)NC1CCC(C(=O)O)CC1. The van der Waals surface area contributed by atoms with E-state index in [-0.39, 0.29) is 30.6 Å². The fraction of sp³-hybridized carbons (Fsp3) is 0.562. The minimum absolute atomic E-state index is 0.0812. The summed E-state index contributed by atoms with van der Waals surface area (Å²) in [6.07, 6.45) is -2.07. The lowest BCUT2D eigenvalue weighted by Crippen LogP contribution is -2.44. The molecule has 2 amide bonds. The summed E-state index contributed by atoms with van der Waals surface area (Å²) in [5, 5.41) is 14.3. The number of carbonyl (C=O) groups excluding carboxylic acids is 1. The average Bonchev–Trinajstić information content (AvgIpc) is 2.55. The summed E-state index contributed by atoms with van der Waals surface area (Å²) in [4.78, 5) is 26.2. The zero-order valence-corrected chi connectivity index (χ0v) is 13.5. The summed E-state index contributed by atoms with van der Waals surface area (Å²) in [7, 11) is 0. The fourth-order valence-electron chi connectivity index (χ4n) is 2.80. The van der Waals surface area contributed by atoms with Crippen molar-refractivity contribution >= 4 is 12.0 Å². The molecule has 1 aliphatic rings. The largest absolute Gasteiger partial charge is 0.481 e. The van der Waals surface area contributed by atoms with Gasteiger partial charge in [-0.05, 0) is 37.8 Å². The Morgan fingerprint density at radius 3 is 2.48 bits per heavy atom. The third kappa shape index (κ3) is 5.91. The highest BCUT2D eigenvalue weighted by Crippen LogP contribution is 2.27. The molecule has 0 aromatic carbocycles. The number of rotatable bonds is 5. The summed E-state index contributed by atoms with van der Waals surface area (Å²) in [5.74, 6) is -1.16. The van der Waals surface area contributed by atoms with Crippen molar-refractivity contribution < 1.29 is 27.9 Å². The summed E-state index contributed by atoms with van der Waals surface area (Å²) in [6.45, 7) is 0.157. The molecule has 0 radical (unpaired) electrons. The van der Waals surface area contributed by atoms with Crippen molar-refractivity contribution in [2.24, 2.45) is 5.92 Å². The van der Waals surface area contributed by atoms with Crippen molar-refractivity contribution in [2.75, 3.05) is 6.54 Å².